The summed E-state index contributed by atoms with van der Waals surface area (Å²) < 4.78 is 4.68. The van der Waals surface area contributed by atoms with Gasteiger partial charge in [-0.3, -0.25) is 0 Å². The van der Waals surface area contributed by atoms with Crippen LogP contribution in [-0.2, 0) is 15.1 Å². The van der Waals surface area contributed by atoms with Crippen LogP contribution in [0.2, 0.25) is 0 Å². The molecule has 0 heterocycles. The van der Waals surface area contributed by atoms with E-state index in [1.54, 1.807) is 42.5 Å². The second-order valence-electron chi connectivity index (χ2n) is 4.09. The average Bonchev–Trinajstić information content (AvgIpc) is 2.47. The number of carbonyl (C=O) groups excluding carboxylic acids is 1. The van der Waals surface area contributed by atoms with Gasteiger partial charge in [0, 0.05) is 5.56 Å². The van der Waals surface area contributed by atoms with Crippen molar-refractivity contribution in [2.75, 3.05) is 7.11 Å². The second kappa shape index (κ2) is 5.12. The van der Waals surface area contributed by atoms with Gasteiger partial charge in [0.15, 0.2) is 0 Å². The molecule has 0 fully saturated rings. The van der Waals surface area contributed by atoms with Crippen LogP contribution in [0.3, 0.4) is 0 Å². The Kier molecular flexibility index (Phi) is 3.53. The molecule has 4 heteroatoms. The number of benzene rings is 2. The van der Waals surface area contributed by atoms with Crippen molar-refractivity contribution in [1.29, 1.82) is 0 Å². The Morgan fingerprint density at radius 1 is 1.05 bits per heavy atom. The fraction of sp³-hybridized carbons (Fsp3) is 0.133. The molecule has 2 aromatic carbocycles. The van der Waals surface area contributed by atoms with Crippen molar-refractivity contribution in [2.45, 2.75) is 5.60 Å². The third-order valence-electron chi connectivity index (χ3n) is 2.97. The van der Waals surface area contributed by atoms with Crippen molar-refractivity contribution in [3.8, 4) is 5.75 Å². The molecule has 19 heavy (non-hydrogen) atoms. The highest BCUT2D eigenvalue weighted by molar-refractivity contribution is 5.86. The van der Waals surface area contributed by atoms with Crippen LogP contribution in [0.15, 0.2) is 54.6 Å². The van der Waals surface area contributed by atoms with Gasteiger partial charge < -0.3 is 14.9 Å². The first-order valence-electron chi connectivity index (χ1n) is 5.75. The number of carbonyl (C=O) groups is 1. The van der Waals surface area contributed by atoms with Crippen molar-refractivity contribution in [3.05, 3.63) is 65.7 Å². The third-order valence-corrected chi connectivity index (χ3v) is 2.97. The van der Waals surface area contributed by atoms with Gasteiger partial charge in [-0.05, 0) is 11.6 Å². The van der Waals surface area contributed by atoms with Gasteiger partial charge in [-0.2, -0.15) is 0 Å². The summed E-state index contributed by atoms with van der Waals surface area (Å²) in [6.07, 6.45) is 0. The first-order chi connectivity index (χ1) is 9.10. The Morgan fingerprint density at radius 3 is 2.21 bits per heavy atom. The molecule has 0 amide bonds. The normalized spacial score (nSPS) is 13.6. The number of hydrogen-bond donors (Lipinski definition) is 2. The van der Waals surface area contributed by atoms with Crippen molar-refractivity contribution in [1.82, 2.24) is 0 Å². The monoisotopic (exact) mass is 258 g/mol. The van der Waals surface area contributed by atoms with E-state index in [1.165, 1.54) is 19.2 Å². The number of esters is 1. The van der Waals surface area contributed by atoms with Gasteiger partial charge >= 0.3 is 5.97 Å². The Morgan fingerprint density at radius 2 is 1.63 bits per heavy atom. The van der Waals surface area contributed by atoms with E-state index in [0.29, 0.717) is 5.56 Å². The molecule has 0 aliphatic heterocycles. The van der Waals surface area contributed by atoms with Crippen molar-refractivity contribution in [3.63, 3.8) is 0 Å². The Hall–Kier alpha value is -2.33. The van der Waals surface area contributed by atoms with Crippen LogP contribution in [0.25, 0.3) is 0 Å². The summed E-state index contributed by atoms with van der Waals surface area (Å²) in [4.78, 5) is 12.0. The molecule has 4 nitrogen and oxygen atoms in total. The molecular formula is C15H14O4. The lowest BCUT2D eigenvalue weighted by atomic mass is 9.86. The zero-order chi connectivity index (χ0) is 13.9. The third kappa shape index (κ3) is 2.18. The maximum atomic E-state index is 12.0. The molecule has 0 aromatic heterocycles. The summed E-state index contributed by atoms with van der Waals surface area (Å²) in [7, 11) is 1.19. The molecule has 0 saturated carbocycles. The summed E-state index contributed by atoms with van der Waals surface area (Å²) in [6, 6.07) is 14.5. The minimum absolute atomic E-state index is 0.0908. The van der Waals surface area contributed by atoms with Crippen LogP contribution in [0.5, 0.6) is 5.75 Å². The van der Waals surface area contributed by atoms with Gasteiger partial charge in [0.1, 0.15) is 5.75 Å². The van der Waals surface area contributed by atoms with Gasteiger partial charge in [0.25, 0.3) is 0 Å². The van der Waals surface area contributed by atoms with Crippen LogP contribution < -0.4 is 0 Å². The minimum Gasteiger partial charge on any atom is -0.508 e. The molecule has 0 spiro atoms. The largest absolute Gasteiger partial charge is 0.508 e. The molecule has 2 aromatic rings. The summed E-state index contributed by atoms with van der Waals surface area (Å²) in [5.74, 6) is -1.01. The summed E-state index contributed by atoms with van der Waals surface area (Å²) >= 11 is 0. The molecule has 2 N–H and O–H groups in total. The van der Waals surface area contributed by atoms with E-state index in [-0.39, 0.29) is 11.3 Å². The number of ether oxygens (including phenoxy) is 1. The minimum atomic E-state index is -2.03. The van der Waals surface area contributed by atoms with Gasteiger partial charge in [-0.15, -0.1) is 0 Å². The molecule has 0 radical (unpaired) electrons. The topological polar surface area (TPSA) is 66.8 Å². The lowest BCUT2D eigenvalue weighted by molar-refractivity contribution is -0.159. The highest BCUT2D eigenvalue weighted by atomic mass is 16.5. The maximum absolute atomic E-state index is 12.0. The van der Waals surface area contributed by atoms with E-state index in [1.807, 2.05) is 0 Å². The van der Waals surface area contributed by atoms with Gasteiger partial charge in [0.2, 0.25) is 5.60 Å². The highest BCUT2D eigenvalue weighted by Gasteiger charge is 2.43. The van der Waals surface area contributed by atoms with E-state index < -0.39 is 11.6 Å². The molecule has 2 rings (SSSR count). The molecule has 1 unspecified atom stereocenters. The molecule has 0 bridgehead atoms. The predicted molar refractivity (Wildman–Crippen MR) is 69.6 cm³/mol. The number of phenolic OH excluding ortho intramolecular Hbond substituents is 1. The highest BCUT2D eigenvalue weighted by Crippen LogP contribution is 2.35. The Labute approximate surface area is 110 Å². The fourth-order valence-corrected chi connectivity index (χ4v) is 1.99. The first kappa shape index (κ1) is 13.1. The van der Waals surface area contributed by atoms with Gasteiger partial charge in [-0.1, -0.05) is 48.5 Å². The van der Waals surface area contributed by atoms with Crippen LogP contribution in [0.1, 0.15) is 11.1 Å². The number of para-hydroxylation sites is 1. The zero-order valence-corrected chi connectivity index (χ0v) is 10.4. The smallest absolute Gasteiger partial charge is 0.347 e. The number of methoxy groups -OCH3 is 1. The fourth-order valence-electron chi connectivity index (χ4n) is 1.99. The zero-order valence-electron chi connectivity index (χ0n) is 10.4. The molecule has 0 saturated heterocycles. The van der Waals surface area contributed by atoms with E-state index in [0.717, 1.165) is 0 Å². The molecule has 0 aliphatic rings. The number of aliphatic hydroxyl groups is 1. The standard InChI is InChI=1S/C15H14O4/c1-19-14(17)15(18,11-7-3-2-4-8-11)12-9-5-6-10-13(12)16/h2-10,16,18H,1H3. The lowest BCUT2D eigenvalue weighted by Crippen LogP contribution is -2.38. The Balaban J connectivity index is 2.66. The number of hydrogen-bond acceptors (Lipinski definition) is 4. The Bertz CT molecular complexity index is 580. The van der Waals surface area contributed by atoms with Crippen LogP contribution in [-0.4, -0.2) is 23.3 Å². The number of phenols is 1. The summed E-state index contributed by atoms with van der Waals surface area (Å²) in [6.45, 7) is 0. The molecule has 98 valence electrons. The van der Waals surface area contributed by atoms with Crippen molar-refractivity contribution >= 4 is 5.97 Å². The molecular weight excluding hydrogens is 244 g/mol. The van der Waals surface area contributed by atoms with Crippen molar-refractivity contribution in [2.24, 2.45) is 0 Å². The quantitative estimate of drug-likeness (QED) is 0.824. The van der Waals surface area contributed by atoms with Gasteiger partial charge in [-0.25, -0.2) is 4.79 Å². The molecule has 1 atom stereocenters. The van der Waals surface area contributed by atoms with Crippen LogP contribution in [0, 0.1) is 0 Å². The van der Waals surface area contributed by atoms with Crippen LogP contribution in [0.4, 0.5) is 0 Å². The first-order valence-corrected chi connectivity index (χ1v) is 5.75. The molecule has 0 aliphatic carbocycles. The SMILES string of the molecule is COC(=O)C(O)(c1ccccc1)c1ccccc1O. The van der Waals surface area contributed by atoms with Crippen molar-refractivity contribution < 1.29 is 19.7 Å². The summed E-state index contributed by atoms with van der Waals surface area (Å²) in [5, 5.41) is 20.7. The van der Waals surface area contributed by atoms with E-state index in [9.17, 15) is 15.0 Å². The summed E-state index contributed by atoms with van der Waals surface area (Å²) in [5.41, 5.74) is -1.60. The number of rotatable bonds is 3. The van der Waals surface area contributed by atoms with E-state index >= 15 is 0 Å². The predicted octanol–water partition coefficient (Wildman–Crippen LogP) is 1.80. The average molecular weight is 258 g/mol. The van der Waals surface area contributed by atoms with E-state index in [4.69, 9.17) is 0 Å². The van der Waals surface area contributed by atoms with E-state index in [2.05, 4.69) is 4.74 Å². The lowest BCUT2D eigenvalue weighted by Gasteiger charge is -2.26. The van der Waals surface area contributed by atoms with Gasteiger partial charge in [0.05, 0.1) is 7.11 Å². The number of aromatic hydroxyl groups is 1. The maximum Gasteiger partial charge on any atom is 0.347 e. The van der Waals surface area contributed by atoms with Crippen LogP contribution >= 0.6 is 0 Å². The second-order valence-corrected chi connectivity index (χ2v) is 4.09.